The number of carbonyl (C=O) groups is 3. The maximum absolute atomic E-state index is 13.0. The number of hydrogen-bond donors (Lipinski definition) is 3. The van der Waals surface area contributed by atoms with Crippen LogP contribution in [0.2, 0.25) is 0 Å². The summed E-state index contributed by atoms with van der Waals surface area (Å²) in [4.78, 5) is 40.1. The highest BCUT2D eigenvalue weighted by atomic mass is 16.6. The number of para-hydroxylation sites is 1. The lowest BCUT2D eigenvalue weighted by molar-refractivity contribution is -0.130. The topological polar surface area (TPSA) is 126 Å². The Morgan fingerprint density at radius 1 is 0.867 bits per heavy atom. The van der Waals surface area contributed by atoms with Gasteiger partial charge >= 0.3 is 0 Å². The zero-order chi connectivity index (χ0) is 32.2. The number of ether oxygens (including phenoxy) is 2. The van der Waals surface area contributed by atoms with Crippen LogP contribution < -0.4 is 20.1 Å². The molecule has 10 heteroatoms. The third-order valence-corrected chi connectivity index (χ3v) is 7.17. The van der Waals surface area contributed by atoms with E-state index in [9.17, 15) is 14.4 Å². The smallest absolute Gasteiger partial charge is 0.251 e. The molecule has 3 aromatic carbocycles. The van der Waals surface area contributed by atoms with E-state index < -0.39 is 0 Å². The lowest BCUT2D eigenvalue weighted by atomic mass is 10.1. The zero-order valence-corrected chi connectivity index (χ0v) is 26.5. The molecule has 3 amide bonds. The molecule has 3 N–H and O–H groups in total. The number of hydrogen-bond acceptors (Lipinski definition) is 6. The second kappa shape index (κ2) is 16.3. The molecule has 0 saturated carbocycles. The molecule has 0 bridgehead atoms. The van der Waals surface area contributed by atoms with Crippen LogP contribution in [0.3, 0.4) is 0 Å². The number of aromatic nitrogens is 2. The van der Waals surface area contributed by atoms with Gasteiger partial charge in [-0.05, 0) is 55.2 Å². The number of unbranched alkanes of at least 4 members (excludes halogenated alkanes) is 1. The van der Waals surface area contributed by atoms with E-state index in [1.54, 1.807) is 35.2 Å². The Morgan fingerprint density at radius 2 is 1.56 bits per heavy atom. The average molecular weight is 614 g/mol. The summed E-state index contributed by atoms with van der Waals surface area (Å²) < 4.78 is 11.0. The van der Waals surface area contributed by atoms with E-state index in [1.807, 2.05) is 64.1 Å². The van der Waals surface area contributed by atoms with E-state index >= 15 is 0 Å². The van der Waals surface area contributed by atoms with Gasteiger partial charge in [0.1, 0.15) is 13.2 Å². The van der Waals surface area contributed by atoms with Crippen LogP contribution in [-0.4, -0.2) is 72.2 Å². The maximum atomic E-state index is 13.0. The van der Waals surface area contributed by atoms with Crippen molar-refractivity contribution < 1.29 is 23.9 Å². The third kappa shape index (κ3) is 8.84. The number of fused-ring (bicyclic) bond motifs is 2. The summed E-state index contributed by atoms with van der Waals surface area (Å²) >= 11 is 0. The minimum absolute atomic E-state index is 0.0964. The van der Waals surface area contributed by atoms with Crippen LogP contribution in [0.5, 0.6) is 11.5 Å². The summed E-state index contributed by atoms with van der Waals surface area (Å²) in [6.45, 7) is 10.5. The van der Waals surface area contributed by atoms with Gasteiger partial charge in [0.25, 0.3) is 11.8 Å². The molecular formula is C35H43N5O5. The Labute approximate surface area is 264 Å². The third-order valence-electron chi connectivity index (χ3n) is 7.17. The first-order chi connectivity index (χ1) is 21.9. The van der Waals surface area contributed by atoms with Gasteiger partial charge in [-0.3, -0.25) is 19.5 Å². The molecule has 45 heavy (non-hydrogen) atoms. The van der Waals surface area contributed by atoms with E-state index in [0.29, 0.717) is 61.9 Å². The normalized spacial score (nSPS) is 11.8. The van der Waals surface area contributed by atoms with Gasteiger partial charge in [-0.1, -0.05) is 58.0 Å². The van der Waals surface area contributed by atoms with Crippen LogP contribution in [0.1, 0.15) is 61.3 Å². The molecular weight excluding hydrogens is 570 g/mol. The molecule has 2 heterocycles. The van der Waals surface area contributed by atoms with Crippen LogP contribution in [-0.2, 0) is 4.79 Å². The Bertz CT molecular complexity index is 1580. The minimum atomic E-state index is -0.344. The van der Waals surface area contributed by atoms with Crippen molar-refractivity contribution in [3.05, 3.63) is 77.9 Å². The summed E-state index contributed by atoms with van der Waals surface area (Å²) in [5, 5.41) is 14.2. The van der Waals surface area contributed by atoms with Crippen LogP contribution in [0, 0.1) is 5.92 Å². The standard InChI is InChI=1S/C33H37N5O5.C2H6/c1-22(2)21-38(30(39)20-35-33(41)25-13-14-28-29(19-25)43-18-17-42-28)16-6-5-15-34-32(40)24-11-9-23(10-12-24)31-26-7-3-4-8-27(26)36-37-31;1-2/h3-4,7-14,19,22H,5-6,15-18,20-21H2,1-2H3,(H,34,40)(H,35,41)(H,36,37);1-2H3. The molecule has 0 saturated heterocycles. The molecule has 5 rings (SSSR count). The number of benzene rings is 3. The number of H-pyrrole nitrogens is 1. The Kier molecular flexibility index (Phi) is 12.0. The SMILES string of the molecule is CC.CC(C)CN(CCCCNC(=O)c1ccc(-c2n[nH]c3ccccc23)cc1)C(=O)CNC(=O)c1ccc2c(c1)OCCO2. The van der Waals surface area contributed by atoms with Gasteiger partial charge in [0.15, 0.2) is 11.5 Å². The van der Waals surface area contributed by atoms with Crippen molar-refractivity contribution in [2.24, 2.45) is 5.92 Å². The number of carbonyl (C=O) groups excluding carboxylic acids is 3. The quantitative estimate of drug-likeness (QED) is 0.183. The Balaban J connectivity index is 0.00000226. The summed E-state index contributed by atoms with van der Waals surface area (Å²) in [5.41, 5.74) is 3.74. The van der Waals surface area contributed by atoms with Crippen molar-refractivity contribution in [1.29, 1.82) is 0 Å². The summed E-state index contributed by atoms with van der Waals surface area (Å²) in [6.07, 6.45) is 1.44. The van der Waals surface area contributed by atoms with Crippen LogP contribution in [0.4, 0.5) is 0 Å². The van der Waals surface area contributed by atoms with Crippen molar-refractivity contribution in [1.82, 2.24) is 25.7 Å². The maximum Gasteiger partial charge on any atom is 0.251 e. The molecule has 1 aliphatic heterocycles. The molecule has 0 unspecified atom stereocenters. The summed E-state index contributed by atoms with van der Waals surface area (Å²) in [6, 6.07) is 20.3. The predicted octanol–water partition coefficient (Wildman–Crippen LogP) is 5.45. The van der Waals surface area contributed by atoms with Crippen molar-refractivity contribution in [2.75, 3.05) is 39.4 Å². The van der Waals surface area contributed by atoms with Crippen molar-refractivity contribution >= 4 is 28.6 Å². The molecule has 0 fully saturated rings. The molecule has 10 nitrogen and oxygen atoms in total. The van der Waals surface area contributed by atoms with E-state index in [-0.39, 0.29) is 30.2 Å². The highest BCUT2D eigenvalue weighted by Gasteiger charge is 2.18. The number of aromatic amines is 1. The van der Waals surface area contributed by atoms with Crippen LogP contribution in [0.15, 0.2) is 66.7 Å². The first kappa shape index (κ1) is 33.0. The van der Waals surface area contributed by atoms with Gasteiger partial charge < -0.3 is 25.0 Å². The molecule has 0 aliphatic carbocycles. The van der Waals surface area contributed by atoms with Gasteiger partial charge in [-0.25, -0.2) is 0 Å². The molecule has 0 spiro atoms. The molecule has 4 aromatic rings. The molecule has 0 radical (unpaired) electrons. The predicted molar refractivity (Wildman–Crippen MR) is 176 cm³/mol. The first-order valence-corrected chi connectivity index (χ1v) is 15.7. The highest BCUT2D eigenvalue weighted by Crippen LogP contribution is 2.30. The number of nitrogens with one attached hydrogen (secondary N) is 3. The lowest BCUT2D eigenvalue weighted by Crippen LogP contribution is -2.42. The molecule has 238 valence electrons. The fraction of sp³-hybridized carbons (Fsp3) is 0.371. The van der Waals surface area contributed by atoms with Gasteiger partial charge in [0.2, 0.25) is 5.91 Å². The van der Waals surface area contributed by atoms with E-state index in [1.165, 1.54) is 0 Å². The number of nitrogens with zero attached hydrogens (tertiary/aromatic N) is 2. The average Bonchev–Trinajstić information content (AvgIpc) is 3.51. The second-order valence-electron chi connectivity index (χ2n) is 10.9. The first-order valence-electron chi connectivity index (χ1n) is 15.7. The minimum Gasteiger partial charge on any atom is -0.486 e. The van der Waals surface area contributed by atoms with Gasteiger partial charge in [-0.2, -0.15) is 5.10 Å². The monoisotopic (exact) mass is 613 g/mol. The summed E-state index contributed by atoms with van der Waals surface area (Å²) in [5.74, 6) is 0.778. The molecule has 0 atom stereocenters. The van der Waals surface area contributed by atoms with Gasteiger partial charge in [0.05, 0.1) is 17.8 Å². The van der Waals surface area contributed by atoms with E-state index in [2.05, 4.69) is 20.8 Å². The molecule has 1 aromatic heterocycles. The van der Waals surface area contributed by atoms with E-state index in [0.717, 1.165) is 28.6 Å². The second-order valence-corrected chi connectivity index (χ2v) is 10.9. The largest absolute Gasteiger partial charge is 0.486 e. The van der Waals surface area contributed by atoms with Crippen LogP contribution in [0.25, 0.3) is 22.2 Å². The Morgan fingerprint density at radius 3 is 2.31 bits per heavy atom. The van der Waals surface area contributed by atoms with Crippen molar-refractivity contribution in [2.45, 2.75) is 40.5 Å². The summed E-state index contributed by atoms with van der Waals surface area (Å²) in [7, 11) is 0. The zero-order valence-electron chi connectivity index (χ0n) is 26.5. The van der Waals surface area contributed by atoms with Crippen molar-refractivity contribution in [3.63, 3.8) is 0 Å². The van der Waals surface area contributed by atoms with Crippen molar-refractivity contribution in [3.8, 4) is 22.8 Å². The fourth-order valence-electron chi connectivity index (χ4n) is 5.01. The number of rotatable bonds is 12. The lowest BCUT2D eigenvalue weighted by Gasteiger charge is -2.25. The number of amides is 3. The fourth-order valence-corrected chi connectivity index (χ4v) is 5.01. The highest BCUT2D eigenvalue weighted by molar-refractivity contribution is 5.97. The van der Waals surface area contributed by atoms with Crippen LogP contribution >= 0.6 is 0 Å². The van der Waals surface area contributed by atoms with E-state index in [4.69, 9.17) is 9.47 Å². The van der Waals surface area contributed by atoms with Gasteiger partial charge in [0, 0.05) is 41.7 Å². The van der Waals surface area contributed by atoms with Gasteiger partial charge in [-0.15, -0.1) is 0 Å². The Hall–Kier alpha value is -4.86. The molecule has 1 aliphatic rings.